The summed E-state index contributed by atoms with van der Waals surface area (Å²) in [4.78, 5) is 0. The van der Waals surface area contributed by atoms with E-state index in [0.717, 1.165) is 6.54 Å². The molecule has 1 rings (SSSR count). The number of benzene rings is 1. The first-order chi connectivity index (χ1) is 9.13. The lowest BCUT2D eigenvalue weighted by Crippen LogP contribution is -2.44. The van der Waals surface area contributed by atoms with E-state index in [9.17, 15) is 0 Å². The van der Waals surface area contributed by atoms with Crippen molar-refractivity contribution in [2.75, 3.05) is 6.54 Å². The Kier molecular flexibility index (Phi) is 5.99. The van der Waals surface area contributed by atoms with Crippen LogP contribution in [0.4, 0.5) is 0 Å². The van der Waals surface area contributed by atoms with E-state index in [1.165, 1.54) is 5.56 Å². The highest BCUT2D eigenvalue weighted by molar-refractivity contribution is 6.74. The van der Waals surface area contributed by atoms with Crippen LogP contribution in [0.3, 0.4) is 0 Å². The molecule has 0 aromatic heterocycles. The molecule has 0 heterocycles. The predicted molar refractivity (Wildman–Crippen MR) is 90.6 cm³/mol. The maximum absolute atomic E-state index is 6.62. The monoisotopic (exact) mass is 293 g/mol. The molecule has 0 saturated heterocycles. The van der Waals surface area contributed by atoms with Crippen molar-refractivity contribution in [3.63, 3.8) is 0 Å². The lowest BCUT2D eigenvalue weighted by atomic mass is 10.1. The summed E-state index contributed by atoms with van der Waals surface area (Å²) < 4.78 is 6.62. The topological polar surface area (TPSA) is 21.3 Å². The van der Waals surface area contributed by atoms with Gasteiger partial charge >= 0.3 is 0 Å². The number of hydrogen-bond acceptors (Lipinski definition) is 2. The summed E-state index contributed by atoms with van der Waals surface area (Å²) in [7, 11) is -1.76. The standard InChI is InChI=1S/C17H31NOSi/c1-14(2)18-13-16(15-11-9-8-10-12-15)19-20(6,7)17(3,4)5/h8-12,14,16,18H,13H2,1-7H3. The Balaban J connectivity index is 2.89. The Labute approximate surface area is 126 Å². The summed E-state index contributed by atoms with van der Waals surface area (Å²) in [6.45, 7) is 16.7. The first-order valence-electron chi connectivity index (χ1n) is 7.59. The van der Waals surface area contributed by atoms with Crippen LogP contribution in [-0.4, -0.2) is 20.9 Å². The second-order valence-electron chi connectivity index (χ2n) is 7.34. The molecule has 0 bridgehead atoms. The van der Waals surface area contributed by atoms with Crippen molar-refractivity contribution in [2.24, 2.45) is 0 Å². The van der Waals surface area contributed by atoms with Gasteiger partial charge in [0.2, 0.25) is 0 Å². The quantitative estimate of drug-likeness (QED) is 0.764. The Hall–Kier alpha value is -0.643. The van der Waals surface area contributed by atoms with Crippen molar-refractivity contribution in [3.8, 4) is 0 Å². The van der Waals surface area contributed by atoms with E-state index in [4.69, 9.17) is 4.43 Å². The van der Waals surface area contributed by atoms with Crippen LogP contribution < -0.4 is 5.32 Å². The van der Waals surface area contributed by atoms with Gasteiger partial charge in [0.25, 0.3) is 0 Å². The highest BCUT2D eigenvalue weighted by Gasteiger charge is 2.39. The molecule has 0 aliphatic rings. The van der Waals surface area contributed by atoms with Gasteiger partial charge in [0, 0.05) is 12.6 Å². The summed E-state index contributed by atoms with van der Waals surface area (Å²) in [6.07, 6.45) is 0.138. The predicted octanol–water partition coefficient (Wildman–Crippen LogP) is 4.75. The SMILES string of the molecule is CC(C)NCC(O[Si](C)(C)C(C)(C)C)c1ccccc1. The Bertz CT molecular complexity index is 395. The summed E-state index contributed by atoms with van der Waals surface area (Å²) in [5.74, 6) is 0. The average molecular weight is 294 g/mol. The van der Waals surface area contributed by atoms with Gasteiger partial charge in [0.05, 0.1) is 6.10 Å². The van der Waals surface area contributed by atoms with Gasteiger partial charge in [-0.1, -0.05) is 65.0 Å². The van der Waals surface area contributed by atoms with Crippen LogP contribution in [0, 0.1) is 0 Å². The van der Waals surface area contributed by atoms with E-state index in [-0.39, 0.29) is 11.1 Å². The molecule has 20 heavy (non-hydrogen) atoms. The lowest BCUT2D eigenvalue weighted by molar-refractivity contribution is 0.177. The van der Waals surface area contributed by atoms with Crippen molar-refractivity contribution in [3.05, 3.63) is 35.9 Å². The van der Waals surface area contributed by atoms with Crippen molar-refractivity contribution in [2.45, 2.75) is 64.9 Å². The maximum Gasteiger partial charge on any atom is 0.192 e. The van der Waals surface area contributed by atoms with Gasteiger partial charge in [-0.15, -0.1) is 0 Å². The maximum atomic E-state index is 6.62. The van der Waals surface area contributed by atoms with E-state index in [1.807, 2.05) is 0 Å². The van der Waals surface area contributed by atoms with Crippen LogP contribution in [0.15, 0.2) is 30.3 Å². The molecular weight excluding hydrogens is 262 g/mol. The number of nitrogens with one attached hydrogen (secondary N) is 1. The summed E-state index contributed by atoms with van der Waals surface area (Å²) in [5.41, 5.74) is 1.27. The lowest BCUT2D eigenvalue weighted by Gasteiger charge is -2.39. The molecule has 0 aliphatic carbocycles. The van der Waals surface area contributed by atoms with Crippen molar-refractivity contribution < 1.29 is 4.43 Å². The first kappa shape index (κ1) is 17.4. The molecule has 1 aromatic rings. The third-order valence-corrected chi connectivity index (χ3v) is 8.61. The fraction of sp³-hybridized carbons (Fsp3) is 0.647. The van der Waals surface area contributed by atoms with Gasteiger partial charge in [-0.05, 0) is 23.7 Å². The molecule has 0 aliphatic heterocycles. The molecular formula is C17H31NOSi. The van der Waals surface area contributed by atoms with E-state index in [0.29, 0.717) is 6.04 Å². The zero-order chi connectivity index (χ0) is 15.4. The Morgan fingerprint density at radius 2 is 1.65 bits per heavy atom. The van der Waals surface area contributed by atoms with Crippen LogP contribution in [0.2, 0.25) is 18.1 Å². The molecule has 114 valence electrons. The van der Waals surface area contributed by atoms with Crippen molar-refractivity contribution >= 4 is 8.32 Å². The zero-order valence-corrected chi connectivity index (χ0v) is 15.2. The van der Waals surface area contributed by atoms with Gasteiger partial charge in [-0.25, -0.2) is 0 Å². The second kappa shape index (κ2) is 6.88. The molecule has 0 radical (unpaired) electrons. The summed E-state index contributed by atoms with van der Waals surface area (Å²) >= 11 is 0. The highest BCUT2D eigenvalue weighted by Crippen LogP contribution is 2.39. The molecule has 2 nitrogen and oxygen atoms in total. The van der Waals surface area contributed by atoms with E-state index in [1.54, 1.807) is 0 Å². The van der Waals surface area contributed by atoms with Crippen LogP contribution in [0.1, 0.15) is 46.3 Å². The van der Waals surface area contributed by atoms with E-state index >= 15 is 0 Å². The average Bonchev–Trinajstić information content (AvgIpc) is 2.34. The molecule has 1 atom stereocenters. The molecule has 1 N–H and O–H groups in total. The Morgan fingerprint density at radius 1 is 1.10 bits per heavy atom. The van der Waals surface area contributed by atoms with Gasteiger partial charge < -0.3 is 9.74 Å². The molecule has 3 heteroatoms. The molecule has 0 saturated carbocycles. The first-order valence-corrected chi connectivity index (χ1v) is 10.5. The largest absolute Gasteiger partial charge is 0.409 e. The van der Waals surface area contributed by atoms with Gasteiger partial charge in [-0.2, -0.15) is 0 Å². The summed E-state index contributed by atoms with van der Waals surface area (Å²) in [6, 6.07) is 11.0. The van der Waals surface area contributed by atoms with Gasteiger partial charge in [0.15, 0.2) is 8.32 Å². The van der Waals surface area contributed by atoms with Crippen molar-refractivity contribution in [1.82, 2.24) is 5.32 Å². The van der Waals surface area contributed by atoms with Gasteiger partial charge in [-0.3, -0.25) is 0 Å². The van der Waals surface area contributed by atoms with Crippen LogP contribution in [-0.2, 0) is 4.43 Å². The third-order valence-electron chi connectivity index (χ3n) is 4.13. The fourth-order valence-corrected chi connectivity index (χ4v) is 3.05. The number of hydrogen-bond donors (Lipinski definition) is 1. The van der Waals surface area contributed by atoms with Crippen LogP contribution >= 0.6 is 0 Å². The molecule has 0 amide bonds. The molecule has 0 spiro atoms. The highest BCUT2D eigenvalue weighted by atomic mass is 28.4. The number of rotatable bonds is 6. The van der Waals surface area contributed by atoms with Gasteiger partial charge in [0.1, 0.15) is 0 Å². The van der Waals surface area contributed by atoms with E-state index in [2.05, 4.69) is 83.4 Å². The summed E-state index contributed by atoms with van der Waals surface area (Å²) in [5, 5.41) is 3.75. The smallest absolute Gasteiger partial charge is 0.192 e. The zero-order valence-electron chi connectivity index (χ0n) is 14.2. The Morgan fingerprint density at radius 3 is 2.10 bits per heavy atom. The minimum Gasteiger partial charge on any atom is -0.409 e. The van der Waals surface area contributed by atoms with Crippen molar-refractivity contribution in [1.29, 1.82) is 0 Å². The molecule has 0 fully saturated rings. The van der Waals surface area contributed by atoms with Crippen LogP contribution in [0.25, 0.3) is 0 Å². The minimum absolute atomic E-state index is 0.138. The van der Waals surface area contributed by atoms with E-state index < -0.39 is 8.32 Å². The molecule has 1 unspecified atom stereocenters. The van der Waals surface area contributed by atoms with Crippen LogP contribution in [0.5, 0.6) is 0 Å². The molecule has 1 aromatic carbocycles. The third kappa shape index (κ3) is 5.04. The second-order valence-corrected chi connectivity index (χ2v) is 12.1. The minimum atomic E-state index is -1.76. The fourth-order valence-electron chi connectivity index (χ4n) is 1.77. The normalized spacial score (nSPS) is 14.6.